The lowest BCUT2D eigenvalue weighted by atomic mass is 10.2. The average molecular weight is 222 g/mol. The van der Waals surface area contributed by atoms with E-state index in [0.29, 0.717) is 25.4 Å². The van der Waals surface area contributed by atoms with Gasteiger partial charge in [0.2, 0.25) is 5.91 Å². The van der Waals surface area contributed by atoms with Gasteiger partial charge in [0.25, 0.3) is 0 Å². The zero-order valence-electron chi connectivity index (χ0n) is 8.77. The molecule has 0 aliphatic carbocycles. The molecule has 5 nitrogen and oxygen atoms in total. The number of anilines is 1. The Labute approximate surface area is 93.4 Å². The standard InChI is InChI=1S/C11H14N2O3/c14-10-4-2-1-3-8(10)13-11(15)9-7-16-6-5-12-9/h1-4,9,12,14H,5-7H2,(H,13,15)/t9-/m0/s1. The second-order valence-electron chi connectivity index (χ2n) is 3.59. The van der Waals surface area contributed by atoms with Crippen molar-refractivity contribution in [1.29, 1.82) is 0 Å². The Morgan fingerprint density at radius 1 is 1.50 bits per heavy atom. The van der Waals surface area contributed by atoms with Gasteiger partial charge in [-0.3, -0.25) is 4.79 Å². The Bertz CT molecular complexity index is 375. The first kappa shape index (κ1) is 10.9. The molecule has 5 heteroatoms. The van der Waals surface area contributed by atoms with E-state index in [1.165, 1.54) is 6.07 Å². The number of para-hydroxylation sites is 2. The monoisotopic (exact) mass is 222 g/mol. The Morgan fingerprint density at radius 3 is 3.00 bits per heavy atom. The maximum Gasteiger partial charge on any atom is 0.244 e. The molecule has 0 bridgehead atoms. The van der Waals surface area contributed by atoms with Crippen molar-refractivity contribution in [3.63, 3.8) is 0 Å². The summed E-state index contributed by atoms with van der Waals surface area (Å²) in [4.78, 5) is 11.8. The number of morpholine rings is 1. The Kier molecular flexibility index (Phi) is 3.38. The molecular weight excluding hydrogens is 208 g/mol. The van der Waals surface area contributed by atoms with Crippen LogP contribution in [0.3, 0.4) is 0 Å². The minimum absolute atomic E-state index is 0.0626. The maximum atomic E-state index is 11.8. The SMILES string of the molecule is O=C(Nc1ccccc1O)[C@@H]1COCCN1. The molecule has 1 aliphatic rings. The normalized spacial score (nSPS) is 20.4. The number of nitrogens with one attached hydrogen (secondary N) is 2. The van der Waals surface area contributed by atoms with Crippen LogP contribution in [0.2, 0.25) is 0 Å². The number of carbonyl (C=O) groups excluding carboxylic acids is 1. The molecule has 86 valence electrons. The third-order valence-corrected chi connectivity index (χ3v) is 2.40. The van der Waals surface area contributed by atoms with Gasteiger partial charge in [-0.15, -0.1) is 0 Å². The molecule has 1 aliphatic heterocycles. The maximum absolute atomic E-state index is 11.8. The van der Waals surface area contributed by atoms with Crippen LogP contribution >= 0.6 is 0 Å². The summed E-state index contributed by atoms with van der Waals surface area (Å²) in [6, 6.07) is 6.28. The molecule has 1 heterocycles. The van der Waals surface area contributed by atoms with E-state index in [0.717, 1.165) is 0 Å². The summed E-state index contributed by atoms with van der Waals surface area (Å²) in [5.74, 6) is -0.131. The predicted octanol–water partition coefficient (Wildman–Crippen LogP) is 0.319. The number of benzene rings is 1. The molecule has 1 aromatic rings. The molecule has 1 fully saturated rings. The van der Waals surface area contributed by atoms with Crippen LogP contribution in [0.25, 0.3) is 0 Å². The van der Waals surface area contributed by atoms with Gasteiger partial charge in [0.05, 0.1) is 18.9 Å². The Morgan fingerprint density at radius 2 is 2.31 bits per heavy atom. The van der Waals surface area contributed by atoms with Gasteiger partial charge in [-0.05, 0) is 12.1 Å². The molecule has 0 aromatic heterocycles. The van der Waals surface area contributed by atoms with E-state index in [1.807, 2.05) is 0 Å². The van der Waals surface area contributed by atoms with Gasteiger partial charge in [-0.2, -0.15) is 0 Å². The zero-order valence-corrected chi connectivity index (χ0v) is 8.77. The number of hydrogen-bond acceptors (Lipinski definition) is 4. The van der Waals surface area contributed by atoms with Crippen molar-refractivity contribution >= 4 is 11.6 Å². The molecular formula is C11H14N2O3. The van der Waals surface area contributed by atoms with Crippen LogP contribution in [0.15, 0.2) is 24.3 Å². The van der Waals surface area contributed by atoms with Crippen LogP contribution in [0, 0.1) is 0 Å². The summed E-state index contributed by atoms with van der Waals surface area (Å²) in [7, 11) is 0. The van der Waals surface area contributed by atoms with Crippen molar-refractivity contribution in [2.24, 2.45) is 0 Å². The molecule has 16 heavy (non-hydrogen) atoms. The highest BCUT2D eigenvalue weighted by molar-refractivity contribution is 5.96. The van der Waals surface area contributed by atoms with Crippen LogP contribution < -0.4 is 10.6 Å². The van der Waals surface area contributed by atoms with Crippen molar-refractivity contribution in [2.45, 2.75) is 6.04 Å². The van der Waals surface area contributed by atoms with Crippen molar-refractivity contribution in [3.8, 4) is 5.75 Å². The van der Waals surface area contributed by atoms with Crippen molar-refractivity contribution in [2.75, 3.05) is 25.1 Å². The second kappa shape index (κ2) is 4.96. The molecule has 1 saturated heterocycles. The molecule has 3 N–H and O–H groups in total. The highest BCUT2D eigenvalue weighted by Gasteiger charge is 2.21. The summed E-state index contributed by atoms with van der Waals surface area (Å²) in [6.07, 6.45) is 0. The minimum Gasteiger partial charge on any atom is -0.506 e. The molecule has 0 unspecified atom stereocenters. The number of phenols is 1. The van der Waals surface area contributed by atoms with E-state index in [9.17, 15) is 9.90 Å². The lowest BCUT2D eigenvalue weighted by Crippen LogP contribution is -2.48. The van der Waals surface area contributed by atoms with Crippen LogP contribution in [0.1, 0.15) is 0 Å². The number of phenolic OH excluding ortho intramolecular Hbond substituents is 1. The molecule has 2 rings (SSSR count). The average Bonchev–Trinajstić information content (AvgIpc) is 2.33. The highest BCUT2D eigenvalue weighted by Crippen LogP contribution is 2.21. The number of ether oxygens (including phenoxy) is 1. The van der Waals surface area contributed by atoms with E-state index >= 15 is 0 Å². The molecule has 1 atom stereocenters. The van der Waals surface area contributed by atoms with Crippen molar-refractivity contribution < 1.29 is 14.6 Å². The second-order valence-corrected chi connectivity index (χ2v) is 3.59. The highest BCUT2D eigenvalue weighted by atomic mass is 16.5. The first-order valence-corrected chi connectivity index (χ1v) is 5.17. The van der Waals surface area contributed by atoms with Gasteiger partial charge in [0, 0.05) is 6.54 Å². The van der Waals surface area contributed by atoms with E-state index in [2.05, 4.69) is 10.6 Å². The zero-order chi connectivity index (χ0) is 11.4. The van der Waals surface area contributed by atoms with Crippen LogP contribution in [0.5, 0.6) is 5.75 Å². The molecule has 0 spiro atoms. The van der Waals surface area contributed by atoms with E-state index < -0.39 is 0 Å². The number of hydrogen-bond donors (Lipinski definition) is 3. The van der Waals surface area contributed by atoms with Crippen LogP contribution in [0.4, 0.5) is 5.69 Å². The van der Waals surface area contributed by atoms with Crippen LogP contribution in [-0.4, -0.2) is 36.8 Å². The van der Waals surface area contributed by atoms with Crippen molar-refractivity contribution in [1.82, 2.24) is 5.32 Å². The first-order valence-electron chi connectivity index (χ1n) is 5.17. The molecule has 1 aromatic carbocycles. The first-order chi connectivity index (χ1) is 7.77. The quantitative estimate of drug-likeness (QED) is 0.630. The predicted molar refractivity (Wildman–Crippen MR) is 59.3 cm³/mol. The van der Waals surface area contributed by atoms with Crippen molar-refractivity contribution in [3.05, 3.63) is 24.3 Å². The summed E-state index contributed by atoms with van der Waals surface area (Å²) in [5.41, 5.74) is 0.417. The van der Waals surface area contributed by atoms with Gasteiger partial charge in [0.15, 0.2) is 0 Å². The summed E-state index contributed by atoms with van der Waals surface area (Å²) >= 11 is 0. The van der Waals surface area contributed by atoms with Gasteiger partial charge in [0.1, 0.15) is 11.8 Å². The lowest BCUT2D eigenvalue weighted by molar-refractivity contribution is -0.120. The molecule has 1 amide bonds. The Hall–Kier alpha value is -1.59. The van der Waals surface area contributed by atoms with E-state index in [1.54, 1.807) is 18.2 Å². The molecule has 0 saturated carbocycles. The number of amides is 1. The third kappa shape index (κ3) is 2.50. The van der Waals surface area contributed by atoms with E-state index in [4.69, 9.17) is 4.74 Å². The van der Waals surface area contributed by atoms with Gasteiger partial charge in [-0.1, -0.05) is 12.1 Å². The fraction of sp³-hybridized carbons (Fsp3) is 0.364. The Balaban J connectivity index is 1.99. The largest absolute Gasteiger partial charge is 0.506 e. The summed E-state index contributed by atoms with van der Waals surface area (Å²) in [6.45, 7) is 1.65. The number of aromatic hydroxyl groups is 1. The fourth-order valence-corrected chi connectivity index (χ4v) is 1.53. The van der Waals surface area contributed by atoms with Crippen LogP contribution in [-0.2, 0) is 9.53 Å². The van der Waals surface area contributed by atoms with Gasteiger partial charge >= 0.3 is 0 Å². The van der Waals surface area contributed by atoms with Gasteiger partial charge in [-0.25, -0.2) is 0 Å². The summed E-state index contributed by atoms with van der Waals surface area (Å²) < 4.78 is 5.19. The minimum atomic E-state index is -0.353. The number of carbonyl (C=O) groups is 1. The topological polar surface area (TPSA) is 70.6 Å². The van der Waals surface area contributed by atoms with Gasteiger partial charge < -0.3 is 20.5 Å². The number of rotatable bonds is 2. The smallest absolute Gasteiger partial charge is 0.244 e. The molecule has 0 radical (unpaired) electrons. The third-order valence-electron chi connectivity index (χ3n) is 2.40. The lowest BCUT2D eigenvalue weighted by Gasteiger charge is -2.23. The summed E-state index contributed by atoms with van der Waals surface area (Å²) in [5, 5.41) is 15.2. The van der Waals surface area contributed by atoms with E-state index in [-0.39, 0.29) is 17.7 Å². The fourth-order valence-electron chi connectivity index (χ4n) is 1.53.